The Hall–Kier alpha value is -5.47. The molecule has 1 fully saturated rings. The topological polar surface area (TPSA) is 185 Å². The second kappa shape index (κ2) is 22.5. The molecule has 0 bridgehead atoms. The summed E-state index contributed by atoms with van der Waals surface area (Å²) >= 11 is 0. The van der Waals surface area contributed by atoms with Gasteiger partial charge in [-0.3, -0.25) is 19.7 Å². The Morgan fingerprint density at radius 3 is 2.07 bits per heavy atom. The standard InChI is InChI=1S/C44H59N5O9/c1-43(2,3)58-42(55)45-30-35(31-50)44(29-34-20-22-36(56-4)23-21-34,48-38(51)19-13-7-10-16-32-14-8-5-9-15-32)40(53)46-37(28-33-17-11-6-12-18-33)39(52)47-41(54)49-24-26-57-27-25-49/h5-6,8-9,11-12,14-15,17-18,20-23,35,37,50H,7,10,13,16,19,24-31H2,1-4H3,(H,45,55)(H,46,53)(H,48,51)(H,47,52,54). The van der Waals surface area contributed by atoms with Crippen molar-refractivity contribution in [1.29, 1.82) is 0 Å². The Kier molecular flexibility index (Phi) is 17.5. The van der Waals surface area contributed by atoms with Crippen molar-refractivity contribution in [3.05, 3.63) is 102 Å². The van der Waals surface area contributed by atoms with Gasteiger partial charge in [0.2, 0.25) is 11.8 Å². The number of urea groups is 1. The molecule has 14 heteroatoms. The lowest BCUT2D eigenvalue weighted by atomic mass is 9.77. The zero-order valence-corrected chi connectivity index (χ0v) is 34.1. The Morgan fingerprint density at radius 1 is 0.828 bits per heavy atom. The smallest absolute Gasteiger partial charge is 0.407 e. The fourth-order valence-electron chi connectivity index (χ4n) is 6.73. The van der Waals surface area contributed by atoms with E-state index in [2.05, 4.69) is 33.4 Å². The van der Waals surface area contributed by atoms with Crippen LogP contribution in [0.3, 0.4) is 0 Å². The number of rotatable bonds is 19. The number of nitrogens with zero attached hydrogens (tertiary/aromatic N) is 1. The summed E-state index contributed by atoms with van der Waals surface area (Å²) in [6.07, 6.45) is 2.14. The summed E-state index contributed by atoms with van der Waals surface area (Å²) in [6.45, 7) is 5.43. The number of aliphatic hydroxyl groups is 1. The number of hydrogen-bond donors (Lipinski definition) is 5. The molecule has 3 atom stereocenters. The molecule has 1 heterocycles. The first-order valence-corrected chi connectivity index (χ1v) is 19.9. The predicted molar refractivity (Wildman–Crippen MR) is 219 cm³/mol. The second-order valence-corrected chi connectivity index (χ2v) is 15.5. The van der Waals surface area contributed by atoms with Crippen molar-refractivity contribution < 1.29 is 43.3 Å². The van der Waals surface area contributed by atoms with Crippen molar-refractivity contribution in [2.24, 2.45) is 5.92 Å². The lowest BCUT2D eigenvalue weighted by molar-refractivity contribution is -0.139. The van der Waals surface area contributed by atoms with E-state index in [-0.39, 0.29) is 25.8 Å². The van der Waals surface area contributed by atoms with Gasteiger partial charge in [0.05, 0.1) is 26.9 Å². The lowest BCUT2D eigenvalue weighted by Crippen LogP contribution is -2.69. The normalized spacial score (nSPS) is 14.9. The first-order chi connectivity index (χ1) is 27.8. The molecule has 58 heavy (non-hydrogen) atoms. The highest BCUT2D eigenvalue weighted by Crippen LogP contribution is 2.27. The summed E-state index contributed by atoms with van der Waals surface area (Å²) in [5.41, 5.74) is -0.259. The molecule has 0 aliphatic carbocycles. The summed E-state index contributed by atoms with van der Waals surface area (Å²) in [7, 11) is 1.53. The van der Waals surface area contributed by atoms with Crippen LogP contribution in [0.4, 0.5) is 9.59 Å². The highest BCUT2D eigenvalue weighted by atomic mass is 16.6. The van der Waals surface area contributed by atoms with Gasteiger partial charge in [-0.2, -0.15) is 0 Å². The maximum Gasteiger partial charge on any atom is 0.407 e. The third-order valence-electron chi connectivity index (χ3n) is 9.86. The monoisotopic (exact) mass is 801 g/mol. The van der Waals surface area contributed by atoms with Gasteiger partial charge in [0, 0.05) is 44.8 Å². The summed E-state index contributed by atoms with van der Waals surface area (Å²) < 4.78 is 16.2. The van der Waals surface area contributed by atoms with Crippen LogP contribution in [0.5, 0.6) is 5.75 Å². The van der Waals surface area contributed by atoms with E-state index in [4.69, 9.17) is 14.2 Å². The minimum atomic E-state index is -1.93. The van der Waals surface area contributed by atoms with Gasteiger partial charge >= 0.3 is 12.1 Å². The molecule has 3 aromatic rings. The zero-order chi connectivity index (χ0) is 42.0. The first kappa shape index (κ1) is 45.2. The Balaban J connectivity index is 1.69. The molecule has 0 aromatic heterocycles. The number of aryl methyl sites for hydroxylation is 1. The van der Waals surface area contributed by atoms with Crippen LogP contribution in [0.1, 0.15) is 63.1 Å². The highest BCUT2D eigenvalue weighted by molar-refractivity contribution is 6.00. The minimum Gasteiger partial charge on any atom is -0.497 e. The van der Waals surface area contributed by atoms with Crippen LogP contribution in [0, 0.1) is 5.92 Å². The van der Waals surface area contributed by atoms with Crippen LogP contribution in [0.2, 0.25) is 0 Å². The van der Waals surface area contributed by atoms with E-state index in [0.717, 1.165) is 19.3 Å². The number of unbranched alkanes of at least 4 members (excludes halogenated alkanes) is 2. The highest BCUT2D eigenvalue weighted by Gasteiger charge is 2.48. The summed E-state index contributed by atoms with van der Waals surface area (Å²) in [5, 5.41) is 22.0. The molecule has 314 valence electrons. The van der Waals surface area contributed by atoms with Gasteiger partial charge in [0.1, 0.15) is 22.9 Å². The van der Waals surface area contributed by atoms with E-state index < -0.39 is 59.6 Å². The van der Waals surface area contributed by atoms with E-state index in [1.54, 1.807) is 69.3 Å². The first-order valence-electron chi connectivity index (χ1n) is 19.9. The Labute approximate surface area is 341 Å². The molecular formula is C44H59N5O9. The van der Waals surface area contributed by atoms with Crippen molar-refractivity contribution in [3.63, 3.8) is 0 Å². The summed E-state index contributed by atoms with van der Waals surface area (Å²) in [4.78, 5) is 70.7. The maximum atomic E-state index is 15.1. The number of aliphatic hydroxyl groups excluding tert-OH is 1. The van der Waals surface area contributed by atoms with Crippen molar-refractivity contribution in [3.8, 4) is 5.75 Å². The van der Waals surface area contributed by atoms with E-state index >= 15 is 4.79 Å². The van der Waals surface area contributed by atoms with Crippen molar-refractivity contribution in [1.82, 2.24) is 26.2 Å². The maximum absolute atomic E-state index is 15.1. The molecule has 0 radical (unpaired) electrons. The van der Waals surface area contributed by atoms with Crippen LogP contribution in [-0.2, 0) is 43.1 Å². The molecule has 1 saturated heterocycles. The summed E-state index contributed by atoms with van der Waals surface area (Å²) in [5.74, 6) is -2.57. The molecule has 3 unspecified atom stereocenters. The van der Waals surface area contributed by atoms with Gasteiger partial charge in [0.25, 0.3) is 5.91 Å². The molecule has 5 N–H and O–H groups in total. The average molecular weight is 802 g/mol. The number of benzene rings is 3. The van der Waals surface area contributed by atoms with Gasteiger partial charge in [-0.1, -0.05) is 79.2 Å². The van der Waals surface area contributed by atoms with E-state index in [1.165, 1.54) is 17.6 Å². The largest absolute Gasteiger partial charge is 0.497 e. The minimum absolute atomic E-state index is 0.00271. The number of amides is 6. The SMILES string of the molecule is COc1ccc(CC(NC(=O)CCCCCc2ccccc2)(C(=O)NC(Cc2ccccc2)C(=O)NC(=O)N2CCOCC2)C(CO)CNC(=O)OC(C)(C)C)cc1. The van der Waals surface area contributed by atoms with Gasteiger partial charge in [-0.25, -0.2) is 9.59 Å². The number of ether oxygens (including phenoxy) is 3. The van der Waals surface area contributed by atoms with Crippen molar-refractivity contribution >= 4 is 29.8 Å². The molecule has 4 rings (SSSR count). The van der Waals surface area contributed by atoms with Gasteiger partial charge < -0.3 is 40.2 Å². The molecule has 0 spiro atoms. The molecule has 3 aromatic carbocycles. The van der Waals surface area contributed by atoms with Gasteiger partial charge in [0.15, 0.2) is 0 Å². The quantitative estimate of drug-likeness (QED) is 0.110. The average Bonchev–Trinajstić information content (AvgIpc) is 3.21. The molecular weight excluding hydrogens is 743 g/mol. The van der Waals surface area contributed by atoms with Crippen molar-refractivity contribution in [2.45, 2.75) is 82.9 Å². The Bertz CT molecular complexity index is 1760. The van der Waals surface area contributed by atoms with Crippen molar-refractivity contribution in [2.75, 3.05) is 46.6 Å². The van der Waals surface area contributed by atoms with E-state index in [1.807, 2.05) is 24.3 Å². The molecule has 6 amide bonds. The van der Waals surface area contributed by atoms with Crippen LogP contribution in [0.15, 0.2) is 84.9 Å². The van der Waals surface area contributed by atoms with Crippen LogP contribution in [0.25, 0.3) is 0 Å². The molecule has 1 aliphatic rings. The van der Waals surface area contributed by atoms with Gasteiger partial charge in [-0.15, -0.1) is 0 Å². The third kappa shape index (κ3) is 14.5. The Morgan fingerprint density at radius 2 is 1.47 bits per heavy atom. The zero-order valence-electron chi connectivity index (χ0n) is 34.1. The van der Waals surface area contributed by atoms with E-state index in [0.29, 0.717) is 49.6 Å². The lowest BCUT2D eigenvalue weighted by Gasteiger charge is -2.40. The number of methoxy groups -OCH3 is 1. The number of nitrogens with one attached hydrogen (secondary N) is 4. The number of imide groups is 1. The number of alkyl carbamates (subject to hydrolysis) is 1. The molecule has 14 nitrogen and oxygen atoms in total. The molecule has 1 aliphatic heterocycles. The van der Waals surface area contributed by atoms with Crippen LogP contribution in [-0.4, -0.2) is 104 Å². The van der Waals surface area contributed by atoms with Gasteiger partial charge in [-0.05, 0) is 68.9 Å². The predicted octanol–water partition coefficient (Wildman–Crippen LogP) is 4.32. The summed E-state index contributed by atoms with van der Waals surface area (Å²) in [6, 6.07) is 24.0. The number of carbonyl (C=O) groups excluding carboxylic acids is 5. The second-order valence-electron chi connectivity index (χ2n) is 15.5. The fraction of sp³-hybridized carbons (Fsp3) is 0.477. The third-order valence-corrected chi connectivity index (χ3v) is 9.86. The fourth-order valence-corrected chi connectivity index (χ4v) is 6.73. The van der Waals surface area contributed by atoms with E-state index in [9.17, 15) is 24.3 Å². The van der Waals surface area contributed by atoms with Crippen LogP contribution >= 0.6 is 0 Å². The number of hydrogen-bond acceptors (Lipinski definition) is 9. The van der Waals surface area contributed by atoms with Crippen LogP contribution < -0.4 is 26.0 Å². The molecule has 0 saturated carbocycles. The number of morpholine rings is 1. The number of carbonyl (C=O) groups is 5.